The summed E-state index contributed by atoms with van der Waals surface area (Å²) in [5.74, 6) is 0. The maximum absolute atomic E-state index is 2.64. The summed E-state index contributed by atoms with van der Waals surface area (Å²) >= 11 is 0. The first kappa shape index (κ1) is 17.6. The van der Waals surface area contributed by atoms with Gasteiger partial charge in [0.1, 0.15) is 0 Å². The molecule has 0 saturated carbocycles. The number of hydrogen-bond acceptors (Lipinski definition) is 2. The average molecular weight is 371 g/mol. The van der Waals surface area contributed by atoms with Crippen LogP contribution < -0.4 is 9.80 Å². The molecule has 0 amide bonds. The van der Waals surface area contributed by atoms with Crippen molar-refractivity contribution in [2.75, 3.05) is 36.0 Å². The normalized spacial score (nSPS) is 17.9. The van der Waals surface area contributed by atoms with E-state index in [4.69, 9.17) is 0 Å². The third-order valence-electron chi connectivity index (χ3n) is 6.46. The first-order valence-corrected chi connectivity index (χ1v) is 11.0. The van der Waals surface area contributed by atoms with E-state index in [-0.39, 0.29) is 0 Å². The summed E-state index contributed by atoms with van der Waals surface area (Å²) in [7, 11) is 0. The predicted octanol–water partition coefficient (Wildman–Crippen LogP) is 6.49. The molecule has 0 aliphatic carbocycles. The third kappa shape index (κ3) is 3.26. The van der Waals surface area contributed by atoms with E-state index in [1.807, 2.05) is 0 Å². The molecule has 5 rings (SSSR count). The Hall–Kier alpha value is -2.48. The van der Waals surface area contributed by atoms with Gasteiger partial charge >= 0.3 is 0 Å². The molecule has 0 spiro atoms. The van der Waals surface area contributed by atoms with Crippen molar-refractivity contribution in [3.63, 3.8) is 0 Å². The van der Waals surface area contributed by atoms with Gasteiger partial charge in [-0.05, 0) is 55.5 Å². The van der Waals surface area contributed by atoms with Gasteiger partial charge in [0.15, 0.2) is 0 Å². The van der Waals surface area contributed by atoms with E-state index in [0.717, 1.165) is 0 Å². The number of hydrogen-bond donors (Lipinski definition) is 0. The zero-order valence-electron chi connectivity index (χ0n) is 16.7. The van der Waals surface area contributed by atoms with Gasteiger partial charge in [0, 0.05) is 48.5 Å². The maximum atomic E-state index is 2.64. The number of rotatable bonds is 3. The third-order valence-corrected chi connectivity index (χ3v) is 6.46. The van der Waals surface area contributed by atoms with Gasteiger partial charge in [-0.25, -0.2) is 0 Å². The summed E-state index contributed by atoms with van der Waals surface area (Å²) in [4.78, 5) is 5.28. The SMILES string of the molecule is c1ccc(-c2c(N3CCCCC3)cc(N3CCCCC3)c3ccccc23)cc1. The van der Waals surface area contributed by atoms with Crippen LogP contribution in [0.2, 0.25) is 0 Å². The minimum Gasteiger partial charge on any atom is -0.371 e. The molecule has 3 aromatic carbocycles. The van der Waals surface area contributed by atoms with Crippen LogP contribution in [0.25, 0.3) is 21.9 Å². The lowest BCUT2D eigenvalue weighted by atomic mass is 9.93. The molecule has 28 heavy (non-hydrogen) atoms. The summed E-state index contributed by atoms with van der Waals surface area (Å²) in [6, 6.07) is 22.6. The van der Waals surface area contributed by atoms with Crippen LogP contribution >= 0.6 is 0 Å². The molecule has 2 nitrogen and oxygen atoms in total. The van der Waals surface area contributed by atoms with Crippen LogP contribution in [0, 0.1) is 0 Å². The van der Waals surface area contributed by atoms with Gasteiger partial charge in [-0.1, -0.05) is 54.6 Å². The Balaban J connectivity index is 1.75. The molecule has 0 bridgehead atoms. The summed E-state index contributed by atoms with van der Waals surface area (Å²) in [5.41, 5.74) is 5.63. The molecular weight excluding hydrogens is 340 g/mol. The lowest BCUT2D eigenvalue weighted by molar-refractivity contribution is 0.574. The molecule has 3 aromatic rings. The second kappa shape index (κ2) is 7.87. The highest BCUT2D eigenvalue weighted by Crippen LogP contribution is 2.43. The van der Waals surface area contributed by atoms with Crippen molar-refractivity contribution in [1.29, 1.82) is 0 Å². The molecule has 2 saturated heterocycles. The molecule has 0 unspecified atom stereocenters. The molecule has 2 aliphatic rings. The van der Waals surface area contributed by atoms with Crippen LogP contribution in [0.1, 0.15) is 38.5 Å². The zero-order chi connectivity index (χ0) is 18.8. The second-order valence-corrected chi connectivity index (χ2v) is 8.30. The van der Waals surface area contributed by atoms with E-state index in [0.29, 0.717) is 0 Å². The zero-order valence-corrected chi connectivity index (χ0v) is 16.7. The molecule has 2 heterocycles. The smallest absolute Gasteiger partial charge is 0.0473 e. The number of piperidine rings is 2. The van der Waals surface area contributed by atoms with E-state index in [1.54, 1.807) is 0 Å². The van der Waals surface area contributed by atoms with Gasteiger partial charge in [-0.15, -0.1) is 0 Å². The minimum atomic E-state index is 1.18. The number of fused-ring (bicyclic) bond motifs is 1. The highest BCUT2D eigenvalue weighted by Gasteiger charge is 2.22. The molecule has 144 valence electrons. The number of anilines is 2. The Morgan fingerprint density at radius 2 is 1.04 bits per heavy atom. The fourth-order valence-corrected chi connectivity index (χ4v) is 5.03. The minimum absolute atomic E-state index is 1.18. The first-order chi connectivity index (χ1) is 13.9. The number of benzene rings is 3. The van der Waals surface area contributed by atoms with E-state index >= 15 is 0 Å². The van der Waals surface area contributed by atoms with E-state index in [1.165, 1.54) is 98.0 Å². The lowest BCUT2D eigenvalue weighted by Gasteiger charge is -2.35. The molecule has 2 fully saturated rings. The first-order valence-electron chi connectivity index (χ1n) is 11.0. The molecule has 0 N–H and O–H groups in total. The second-order valence-electron chi connectivity index (χ2n) is 8.30. The Labute approximate surface area is 168 Å². The van der Waals surface area contributed by atoms with Gasteiger partial charge < -0.3 is 9.80 Å². The van der Waals surface area contributed by atoms with Crippen molar-refractivity contribution in [3.8, 4) is 11.1 Å². The highest BCUT2D eigenvalue weighted by atomic mass is 15.2. The van der Waals surface area contributed by atoms with Crippen LogP contribution in [0.5, 0.6) is 0 Å². The van der Waals surface area contributed by atoms with Gasteiger partial charge in [-0.2, -0.15) is 0 Å². The molecule has 0 aromatic heterocycles. The van der Waals surface area contributed by atoms with E-state index in [9.17, 15) is 0 Å². The van der Waals surface area contributed by atoms with Crippen molar-refractivity contribution < 1.29 is 0 Å². The molecule has 2 heteroatoms. The van der Waals surface area contributed by atoms with Crippen molar-refractivity contribution in [2.24, 2.45) is 0 Å². The Morgan fingerprint density at radius 1 is 0.500 bits per heavy atom. The number of nitrogens with zero attached hydrogens (tertiary/aromatic N) is 2. The summed E-state index contributed by atoms with van der Waals surface area (Å²) in [6.45, 7) is 4.73. The topological polar surface area (TPSA) is 6.48 Å². The van der Waals surface area contributed by atoms with Crippen LogP contribution in [-0.4, -0.2) is 26.2 Å². The van der Waals surface area contributed by atoms with E-state index in [2.05, 4.69) is 70.5 Å². The Kier molecular flexibility index (Phi) is 4.95. The average Bonchev–Trinajstić information content (AvgIpc) is 2.80. The standard InChI is InChI=1S/C26H30N2/c1-4-12-21(13-5-1)26-23-15-7-6-14-22(23)24(27-16-8-2-9-17-27)20-25(26)28-18-10-3-11-19-28/h1,4-7,12-15,20H,2-3,8-11,16-19H2. The van der Waals surface area contributed by atoms with Gasteiger partial charge in [0.25, 0.3) is 0 Å². The summed E-state index contributed by atoms with van der Waals surface area (Å²) < 4.78 is 0. The van der Waals surface area contributed by atoms with Crippen molar-refractivity contribution in [3.05, 3.63) is 60.7 Å². The molecule has 0 atom stereocenters. The van der Waals surface area contributed by atoms with Crippen molar-refractivity contribution in [1.82, 2.24) is 0 Å². The van der Waals surface area contributed by atoms with E-state index < -0.39 is 0 Å². The molecule has 0 radical (unpaired) electrons. The van der Waals surface area contributed by atoms with Gasteiger partial charge in [0.05, 0.1) is 0 Å². The quantitative estimate of drug-likeness (QED) is 0.520. The van der Waals surface area contributed by atoms with Crippen LogP contribution in [0.4, 0.5) is 11.4 Å². The Morgan fingerprint density at radius 3 is 1.68 bits per heavy atom. The maximum Gasteiger partial charge on any atom is 0.0473 e. The predicted molar refractivity (Wildman–Crippen MR) is 122 cm³/mol. The Bertz CT molecular complexity index is 935. The largest absolute Gasteiger partial charge is 0.371 e. The monoisotopic (exact) mass is 370 g/mol. The van der Waals surface area contributed by atoms with Crippen LogP contribution in [0.15, 0.2) is 60.7 Å². The van der Waals surface area contributed by atoms with Gasteiger partial charge in [-0.3, -0.25) is 0 Å². The summed E-state index contributed by atoms with van der Waals surface area (Å²) in [5, 5.41) is 2.81. The lowest BCUT2D eigenvalue weighted by Crippen LogP contribution is -2.32. The van der Waals surface area contributed by atoms with Crippen LogP contribution in [-0.2, 0) is 0 Å². The summed E-state index contributed by atoms with van der Waals surface area (Å²) in [6.07, 6.45) is 7.97. The molecule has 2 aliphatic heterocycles. The van der Waals surface area contributed by atoms with Crippen molar-refractivity contribution >= 4 is 22.1 Å². The molecular formula is C26H30N2. The fraction of sp³-hybridized carbons (Fsp3) is 0.385. The van der Waals surface area contributed by atoms with Crippen molar-refractivity contribution in [2.45, 2.75) is 38.5 Å². The highest BCUT2D eigenvalue weighted by molar-refractivity contribution is 6.09. The van der Waals surface area contributed by atoms with Crippen LogP contribution in [0.3, 0.4) is 0 Å². The fourth-order valence-electron chi connectivity index (χ4n) is 5.03. The van der Waals surface area contributed by atoms with Gasteiger partial charge in [0.2, 0.25) is 0 Å².